The van der Waals surface area contributed by atoms with Crippen molar-refractivity contribution in [3.63, 3.8) is 0 Å². The van der Waals surface area contributed by atoms with E-state index in [0.717, 1.165) is 72.7 Å². The van der Waals surface area contributed by atoms with Gasteiger partial charge in [-0.05, 0) is 60.8 Å². The van der Waals surface area contributed by atoms with Gasteiger partial charge in [0.1, 0.15) is 17.8 Å². The molecule has 0 unspecified atom stereocenters. The van der Waals surface area contributed by atoms with E-state index >= 15 is 0 Å². The van der Waals surface area contributed by atoms with Crippen LogP contribution >= 0.6 is 0 Å². The maximum Gasteiger partial charge on any atom is 0.279 e. The van der Waals surface area contributed by atoms with Crippen molar-refractivity contribution in [1.29, 1.82) is 0 Å². The Balaban J connectivity index is 1.17. The van der Waals surface area contributed by atoms with Crippen LogP contribution in [0.3, 0.4) is 0 Å². The lowest BCUT2D eigenvalue weighted by molar-refractivity contribution is 0.122. The average molecular weight is 549 g/mol. The van der Waals surface area contributed by atoms with Crippen LogP contribution in [-0.4, -0.2) is 78.7 Å². The van der Waals surface area contributed by atoms with Gasteiger partial charge in [0.05, 0.1) is 18.6 Å². The maximum atomic E-state index is 13.1. The van der Waals surface area contributed by atoms with Gasteiger partial charge in [0, 0.05) is 49.8 Å². The van der Waals surface area contributed by atoms with Crippen LogP contribution in [0.2, 0.25) is 0 Å². The van der Waals surface area contributed by atoms with Gasteiger partial charge in [0.25, 0.3) is 10.0 Å². The standard InChI is InChI=1S/C27H32N8O3S/c28-21-2-1-9-34(17-21)16-19-7-8-29-25(14-19)39(36,37)33-22-5-3-20(4-6-22)24-15-23-26(32-24)30-18-31-27(23)35-10-12-38-13-11-35/h3-8,14-15,18,21,33H,1-2,9-13,16-17,28H2,(H,30,31,32)/t21-/m1/s1. The minimum absolute atomic E-state index is 0.00443. The quantitative estimate of drug-likeness (QED) is 0.318. The fourth-order valence-corrected chi connectivity index (χ4v) is 6.28. The van der Waals surface area contributed by atoms with E-state index in [2.05, 4.69) is 34.5 Å². The molecule has 6 rings (SSSR count). The van der Waals surface area contributed by atoms with Crippen molar-refractivity contribution in [3.05, 3.63) is 60.6 Å². The third kappa shape index (κ3) is 5.74. The van der Waals surface area contributed by atoms with E-state index in [4.69, 9.17) is 10.5 Å². The summed E-state index contributed by atoms with van der Waals surface area (Å²) in [6, 6.07) is 12.9. The van der Waals surface area contributed by atoms with E-state index < -0.39 is 10.0 Å². The van der Waals surface area contributed by atoms with Crippen molar-refractivity contribution in [2.24, 2.45) is 5.73 Å². The molecular formula is C27H32N8O3S. The minimum Gasteiger partial charge on any atom is -0.378 e. The van der Waals surface area contributed by atoms with Gasteiger partial charge >= 0.3 is 0 Å². The third-order valence-corrected chi connectivity index (χ3v) is 8.46. The Kier molecular flexibility index (Phi) is 7.17. The number of benzene rings is 1. The Morgan fingerprint density at radius 1 is 1.05 bits per heavy atom. The zero-order valence-electron chi connectivity index (χ0n) is 21.6. The summed E-state index contributed by atoms with van der Waals surface area (Å²) in [4.78, 5) is 20.9. The fourth-order valence-electron chi connectivity index (χ4n) is 5.22. The second-order valence-electron chi connectivity index (χ2n) is 10.1. The second-order valence-corrected chi connectivity index (χ2v) is 11.7. The summed E-state index contributed by atoms with van der Waals surface area (Å²) in [5.41, 5.74) is 9.98. The zero-order chi connectivity index (χ0) is 26.8. The molecule has 0 spiro atoms. The molecule has 12 heteroatoms. The molecule has 204 valence electrons. The normalized spacial score (nSPS) is 18.9. The molecule has 3 aromatic heterocycles. The number of nitrogens with one attached hydrogen (secondary N) is 2. The molecule has 4 N–H and O–H groups in total. The van der Waals surface area contributed by atoms with Gasteiger partial charge in [-0.3, -0.25) is 9.62 Å². The number of hydrogen-bond donors (Lipinski definition) is 3. The maximum absolute atomic E-state index is 13.1. The van der Waals surface area contributed by atoms with E-state index in [1.54, 1.807) is 30.7 Å². The van der Waals surface area contributed by atoms with Crippen LogP contribution in [0.5, 0.6) is 0 Å². The first-order valence-electron chi connectivity index (χ1n) is 13.2. The number of sulfonamides is 1. The molecular weight excluding hydrogens is 516 g/mol. The van der Waals surface area contributed by atoms with Crippen molar-refractivity contribution in [2.75, 3.05) is 49.0 Å². The Bertz CT molecular complexity index is 1550. The molecule has 2 fully saturated rings. The summed E-state index contributed by atoms with van der Waals surface area (Å²) in [6.45, 7) is 5.33. The highest BCUT2D eigenvalue weighted by molar-refractivity contribution is 7.92. The number of rotatable bonds is 7. The Morgan fingerprint density at radius 3 is 2.67 bits per heavy atom. The summed E-state index contributed by atoms with van der Waals surface area (Å²) < 4.78 is 34.4. The van der Waals surface area contributed by atoms with Crippen LogP contribution in [0.4, 0.5) is 11.5 Å². The fraction of sp³-hybridized carbons (Fsp3) is 0.370. The predicted molar refractivity (Wildman–Crippen MR) is 150 cm³/mol. The van der Waals surface area contributed by atoms with Gasteiger partial charge in [0.2, 0.25) is 0 Å². The summed E-state index contributed by atoms with van der Waals surface area (Å²) in [5.74, 6) is 0.882. The topological polar surface area (TPSA) is 142 Å². The van der Waals surface area contributed by atoms with Gasteiger partial charge < -0.3 is 20.4 Å². The summed E-state index contributed by atoms with van der Waals surface area (Å²) in [5, 5.41) is 0.937. The number of nitrogens with two attached hydrogens (primary N) is 1. The van der Waals surface area contributed by atoms with Gasteiger partial charge in [-0.2, -0.15) is 8.42 Å². The number of anilines is 2. The molecule has 5 heterocycles. The molecule has 2 aliphatic rings. The number of pyridine rings is 1. The van der Waals surface area contributed by atoms with Gasteiger partial charge in [-0.25, -0.2) is 15.0 Å². The van der Waals surface area contributed by atoms with E-state index in [-0.39, 0.29) is 11.1 Å². The molecule has 39 heavy (non-hydrogen) atoms. The SMILES string of the molecule is N[C@@H]1CCCN(Cc2ccnc(S(=O)(=O)Nc3ccc(-c4cc5c(N6CCOCC6)ncnc5[nH]4)cc3)c2)C1. The molecule has 1 aromatic carbocycles. The lowest BCUT2D eigenvalue weighted by Gasteiger charge is -2.30. The Hall–Kier alpha value is -3.58. The van der Waals surface area contributed by atoms with Crippen molar-refractivity contribution in [2.45, 2.75) is 30.5 Å². The monoisotopic (exact) mass is 548 g/mol. The van der Waals surface area contributed by atoms with Gasteiger partial charge in [-0.15, -0.1) is 0 Å². The highest BCUT2D eigenvalue weighted by Crippen LogP contribution is 2.30. The molecule has 0 bridgehead atoms. The highest BCUT2D eigenvalue weighted by atomic mass is 32.2. The van der Waals surface area contributed by atoms with Crippen LogP contribution in [0.25, 0.3) is 22.3 Å². The van der Waals surface area contributed by atoms with Crippen LogP contribution in [0.15, 0.2) is 60.0 Å². The molecule has 11 nitrogen and oxygen atoms in total. The van der Waals surface area contributed by atoms with E-state index in [0.29, 0.717) is 25.4 Å². The molecule has 4 aromatic rings. The van der Waals surface area contributed by atoms with E-state index in [1.165, 1.54) is 0 Å². The summed E-state index contributed by atoms with van der Waals surface area (Å²) in [7, 11) is -3.85. The Morgan fingerprint density at radius 2 is 1.87 bits per heavy atom. The third-order valence-electron chi connectivity index (χ3n) is 7.19. The number of likely N-dealkylation sites (tertiary alicyclic amines) is 1. The first kappa shape index (κ1) is 25.7. The van der Waals surface area contributed by atoms with E-state index in [9.17, 15) is 8.42 Å². The minimum atomic E-state index is -3.85. The molecule has 2 saturated heterocycles. The number of ether oxygens (including phenoxy) is 1. The number of aromatic nitrogens is 4. The molecule has 0 radical (unpaired) electrons. The van der Waals surface area contributed by atoms with Crippen molar-refractivity contribution >= 4 is 32.6 Å². The number of nitrogens with zero attached hydrogens (tertiary/aromatic N) is 5. The van der Waals surface area contributed by atoms with Gasteiger partial charge in [0.15, 0.2) is 5.03 Å². The number of aromatic amines is 1. The molecule has 0 aliphatic carbocycles. The lowest BCUT2D eigenvalue weighted by Crippen LogP contribution is -2.42. The van der Waals surface area contributed by atoms with Crippen LogP contribution < -0.4 is 15.4 Å². The molecule has 1 atom stereocenters. The van der Waals surface area contributed by atoms with Crippen molar-refractivity contribution in [1.82, 2.24) is 24.8 Å². The first-order valence-corrected chi connectivity index (χ1v) is 14.7. The van der Waals surface area contributed by atoms with Crippen LogP contribution in [0.1, 0.15) is 18.4 Å². The van der Waals surface area contributed by atoms with Crippen molar-refractivity contribution in [3.8, 4) is 11.3 Å². The van der Waals surface area contributed by atoms with Gasteiger partial charge in [-0.1, -0.05) is 12.1 Å². The summed E-state index contributed by atoms with van der Waals surface area (Å²) in [6.07, 6.45) is 5.19. The number of hydrogen-bond acceptors (Lipinski definition) is 9. The Labute approximate surface area is 227 Å². The number of piperidine rings is 1. The van der Waals surface area contributed by atoms with Crippen LogP contribution in [0, 0.1) is 0 Å². The second kappa shape index (κ2) is 10.9. The number of H-pyrrole nitrogens is 1. The zero-order valence-corrected chi connectivity index (χ0v) is 22.4. The molecule has 0 saturated carbocycles. The lowest BCUT2D eigenvalue weighted by atomic mass is 10.1. The van der Waals surface area contributed by atoms with Crippen molar-refractivity contribution < 1.29 is 13.2 Å². The molecule has 2 aliphatic heterocycles. The smallest absolute Gasteiger partial charge is 0.279 e. The highest BCUT2D eigenvalue weighted by Gasteiger charge is 2.21. The number of fused-ring (bicyclic) bond motifs is 1. The summed E-state index contributed by atoms with van der Waals surface area (Å²) >= 11 is 0. The van der Waals surface area contributed by atoms with Crippen LogP contribution in [-0.2, 0) is 21.3 Å². The number of morpholine rings is 1. The average Bonchev–Trinajstić information content (AvgIpc) is 3.39. The molecule has 0 amide bonds. The largest absolute Gasteiger partial charge is 0.378 e. The predicted octanol–water partition coefficient (Wildman–Crippen LogP) is 2.58. The van der Waals surface area contributed by atoms with E-state index in [1.807, 2.05) is 24.3 Å². The first-order chi connectivity index (χ1) is 18.9.